The SMILES string of the molecule is [2H]c1c([2H])c([2H])c(N2c3cc(OC)cc4c3B(c3c([2H])c([2H])c([2H])c([2H])c32)c2cccc3c5c6c(ccc5n-4c23)oc2ccccc26)c([2H])c1[2H]. The Labute approximate surface area is 254 Å². The Hall–Kier alpha value is -5.42. The second-order valence-corrected chi connectivity index (χ2v) is 10.6. The van der Waals surface area contributed by atoms with Crippen molar-refractivity contribution in [2.75, 3.05) is 12.0 Å². The number of anilines is 3. The molecule has 10 rings (SSSR count). The first-order valence-corrected chi connectivity index (χ1v) is 13.6. The van der Waals surface area contributed by atoms with Gasteiger partial charge in [0.15, 0.2) is 0 Å². The minimum absolute atomic E-state index is 0.0148. The number of para-hydroxylation sites is 4. The largest absolute Gasteiger partial charge is 0.497 e. The Kier molecular flexibility index (Phi) is 2.91. The molecule has 4 nitrogen and oxygen atoms in total. The van der Waals surface area contributed by atoms with Gasteiger partial charge >= 0.3 is 0 Å². The van der Waals surface area contributed by atoms with Crippen LogP contribution in [0.5, 0.6) is 5.75 Å². The number of rotatable bonds is 2. The molecule has 2 aliphatic rings. The van der Waals surface area contributed by atoms with Crippen LogP contribution >= 0.6 is 0 Å². The van der Waals surface area contributed by atoms with E-state index in [2.05, 4.69) is 4.57 Å². The molecule has 0 unspecified atom stereocenters. The standard InChI is InChI=1S/C37H23BN2O2/c1-41-23-20-30-36-31(21-23)40-29-18-19-33-35(24-12-5-8-17-32(24)42-33)34(29)25-13-9-15-27(37(25)40)38(36)26-14-6-7-16-28(26)39(30)22-10-3-2-4-11-22/h2-21H,1H3/i2D,3D,4D,6D,7D,10D,11D,14D,16D. The lowest BCUT2D eigenvalue weighted by molar-refractivity contribution is 0.415. The Balaban J connectivity index is 1.45. The van der Waals surface area contributed by atoms with Gasteiger partial charge in [0.05, 0.1) is 25.0 Å². The maximum Gasteiger partial charge on any atom is 0.252 e. The molecular weight excluding hydrogens is 515 g/mol. The van der Waals surface area contributed by atoms with Gasteiger partial charge in [-0.15, -0.1) is 0 Å². The van der Waals surface area contributed by atoms with Crippen LogP contribution in [0.2, 0.25) is 0 Å². The summed E-state index contributed by atoms with van der Waals surface area (Å²) in [6, 6.07) is 17.1. The van der Waals surface area contributed by atoms with Crippen molar-refractivity contribution in [1.82, 2.24) is 4.57 Å². The van der Waals surface area contributed by atoms with Gasteiger partial charge in [-0.3, -0.25) is 0 Å². The summed E-state index contributed by atoms with van der Waals surface area (Å²) < 4.78 is 93.7. The second kappa shape index (κ2) is 7.86. The number of furan rings is 1. The van der Waals surface area contributed by atoms with E-state index in [4.69, 9.17) is 18.7 Å². The highest BCUT2D eigenvalue weighted by molar-refractivity contribution is 7.00. The van der Waals surface area contributed by atoms with E-state index in [-0.39, 0.29) is 22.9 Å². The van der Waals surface area contributed by atoms with Crippen LogP contribution in [0.4, 0.5) is 17.1 Å². The lowest BCUT2D eigenvalue weighted by atomic mass is 9.34. The van der Waals surface area contributed by atoms with Crippen molar-refractivity contribution >= 4 is 83.9 Å². The van der Waals surface area contributed by atoms with Gasteiger partial charge in [-0.25, -0.2) is 0 Å². The normalized spacial score (nSPS) is 16.3. The number of hydrogen-bond acceptors (Lipinski definition) is 3. The van der Waals surface area contributed by atoms with E-state index in [1.807, 2.05) is 60.7 Å². The highest BCUT2D eigenvalue weighted by Crippen LogP contribution is 2.45. The van der Waals surface area contributed by atoms with Crippen LogP contribution in [0.15, 0.2) is 126 Å². The summed E-state index contributed by atoms with van der Waals surface area (Å²) in [5.41, 5.74) is 5.76. The molecule has 0 saturated heterocycles. The number of benzene rings is 6. The topological polar surface area (TPSA) is 30.5 Å². The van der Waals surface area contributed by atoms with Gasteiger partial charge in [0.2, 0.25) is 0 Å². The number of ether oxygens (including phenoxy) is 1. The van der Waals surface area contributed by atoms with E-state index < -0.39 is 55.1 Å². The lowest BCUT2D eigenvalue weighted by Crippen LogP contribution is -2.60. The molecule has 0 aliphatic carbocycles. The molecule has 0 spiro atoms. The van der Waals surface area contributed by atoms with Crippen molar-refractivity contribution in [1.29, 1.82) is 0 Å². The average Bonchev–Trinajstić information content (AvgIpc) is 3.69. The summed E-state index contributed by atoms with van der Waals surface area (Å²) in [7, 11) is 1.52. The highest BCUT2D eigenvalue weighted by atomic mass is 16.5. The van der Waals surface area contributed by atoms with Crippen molar-refractivity contribution in [2.45, 2.75) is 0 Å². The Morgan fingerprint density at radius 1 is 0.714 bits per heavy atom. The fourth-order valence-corrected chi connectivity index (χ4v) is 7.13. The lowest BCUT2D eigenvalue weighted by Gasteiger charge is -2.40. The molecule has 4 heterocycles. The predicted molar refractivity (Wildman–Crippen MR) is 174 cm³/mol. The zero-order valence-corrected chi connectivity index (χ0v) is 22.1. The van der Waals surface area contributed by atoms with Crippen LogP contribution < -0.4 is 26.0 Å². The molecule has 2 aromatic heterocycles. The average molecular weight is 547 g/mol. The fourth-order valence-electron chi connectivity index (χ4n) is 7.13. The van der Waals surface area contributed by atoms with Crippen LogP contribution in [0.25, 0.3) is 49.4 Å². The first-order chi connectivity index (χ1) is 24.5. The molecule has 196 valence electrons. The quantitative estimate of drug-likeness (QED) is 0.213. The Bertz CT molecular complexity index is 2910. The van der Waals surface area contributed by atoms with Gasteiger partial charge in [0.1, 0.15) is 16.9 Å². The van der Waals surface area contributed by atoms with Crippen molar-refractivity contribution < 1.29 is 21.5 Å². The van der Waals surface area contributed by atoms with Gasteiger partial charge in [0, 0.05) is 61.9 Å². The van der Waals surface area contributed by atoms with E-state index in [1.165, 1.54) is 12.0 Å². The van der Waals surface area contributed by atoms with Gasteiger partial charge in [-0.1, -0.05) is 72.7 Å². The molecule has 0 amide bonds. The number of nitrogens with zero attached hydrogens (tertiary/aromatic N) is 2. The van der Waals surface area contributed by atoms with Crippen LogP contribution in [0, 0.1) is 0 Å². The zero-order chi connectivity index (χ0) is 35.4. The molecule has 0 N–H and O–H groups in total. The molecule has 0 bridgehead atoms. The number of aromatic nitrogens is 1. The van der Waals surface area contributed by atoms with Crippen LogP contribution in [0.1, 0.15) is 12.3 Å². The van der Waals surface area contributed by atoms with Crippen LogP contribution in [0.3, 0.4) is 0 Å². The van der Waals surface area contributed by atoms with E-state index in [1.54, 1.807) is 6.07 Å². The van der Waals surface area contributed by atoms with Gasteiger partial charge < -0.3 is 18.6 Å². The summed E-state index contributed by atoms with van der Waals surface area (Å²) in [4.78, 5) is 1.41. The second-order valence-electron chi connectivity index (χ2n) is 10.6. The molecule has 8 aromatic rings. The number of methoxy groups -OCH3 is 1. The van der Waals surface area contributed by atoms with Crippen LogP contribution in [-0.4, -0.2) is 18.4 Å². The fraction of sp³-hybridized carbons (Fsp3) is 0.0270. The molecule has 0 saturated carbocycles. The Morgan fingerprint density at radius 2 is 1.52 bits per heavy atom. The molecular formula is C37H23BN2O2. The van der Waals surface area contributed by atoms with Gasteiger partial charge in [-0.2, -0.15) is 0 Å². The minimum atomic E-state index is -0.713. The first kappa shape index (κ1) is 15.5. The van der Waals surface area contributed by atoms with E-state index >= 15 is 0 Å². The monoisotopic (exact) mass is 547 g/mol. The van der Waals surface area contributed by atoms with Gasteiger partial charge in [0.25, 0.3) is 6.71 Å². The van der Waals surface area contributed by atoms with E-state index in [0.29, 0.717) is 22.6 Å². The van der Waals surface area contributed by atoms with Crippen LogP contribution in [-0.2, 0) is 0 Å². The van der Waals surface area contributed by atoms with Gasteiger partial charge in [-0.05, 0) is 52.7 Å². The molecule has 0 radical (unpaired) electrons. The first-order valence-electron chi connectivity index (χ1n) is 18.1. The van der Waals surface area contributed by atoms with Crippen molar-refractivity contribution in [2.24, 2.45) is 0 Å². The zero-order valence-electron chi connectivity index (χ0n) is 31.1. The molecule has 0 fully saturated rings. The minimum Gasteiger partial charge on any atom is -0.497 e. The van der Waals surface area contributed by atoms with Crippen molar-refractivity contribution in [3.63, 3.8) is 0 Å². The Morgan fingerprint density at radius 3 is 2.43 bits per heavy atom. The maximum absolute atomic E-state index is 9.34. The third kappa shape index (κ3) is 2.64. The molecule has 5 heteroatoms. The summed E-state index contributed by atoms with van der Waals surface area (Å²) >= 11 is 0. The summed E-state index contributed by atoms with van der Waals surface area (Å²) in [5, 5.41) is 3.80. The summed E-state index contributed by atoms with van der Waals surface area (Å²) in [6.07, 6.45) is 0. The van der Waals surface area contributed by atoms with Crippen molar-refractivity contribution in [3.8, 4) is 11.4 Å². The van der Waals surface area contributed by atoms with E-state index in [0.717, 1.165) is 49.2 Å². The third-order valence-electron chi connectivity index (χ3n) is 8.67. The van der Waals surface area contributed by atoms with Crippen molar-refractivity contribution in [3.05, 3.63) is 121 Å². The molecule has 6 aromatic carbocycles. The molecule has 42 heavy (non-hydrogen) atoms. The predicted octanol–water partition coefficient (Wildman–Crippen LogP) is 7.30. The third-order valence-corrected chi connectivity index (χ3v) is 8.67. The van der Waals surface area contributed by atoms with E-state index in [9.17, 15) is 2.74 Å². The summed E-state index contributed by atoms with van der Waals surface area (Å²) in [6.45, 7) is -0.713. The summed E-state index contributed by atoms with van der Waals surface area (Å²) in [5.74, 6) is 0.411. The maximum atomic E-state index is 9.34. The molecule has 2 aliphatic heterocycles. The number of fused-ring (bicyclic) bond motifs is 11. The highest BCUT2D eigenvalue weighted by Gasteiger charge is 2.42. The number of hydrogen-bond donors (Lipinski definition) is 0. The molecule has 0 atom stereocenters. The smallest absolute Gasteiger partial charge is 0.252 e.